The molecule has 1 aromatic carbocycles. The number of aromatic hydroxyl groups is 1. The van der Waals surface area contributed by atoms with E-state index in [0.29, 0.717) is 16.9 Å². The van der Waals surface area contributed by atoms with E-state index in [9.17, 15) is 9.90 Å². The fourth-order valence-electron chi connectivity index (χ4n) is 3.28. The molecular formula is C23H33NO2S. The molecule has 1 aromatic heterocycles. The number of phenolic OH excluding ortho intramolecular Hbond substituents is 1. The van der Waals surface area contributed by atoms with Gasteiger partial charge in [0.25, 0.3) is 0 Å². The minimum Gasteiger partial charge on any atom is -0.507 e. The fourth-order valence-corrected chi connectivity index (χ4v) is 3.90. The number of benzene rings is 1. The summed E-state index contributed by atoms with van der Waals surface area (Å²) in [5, 5.41) is 12.0. The molecule has 0 saturated heterocycles. The number of aryl methyl sites for hydroxylation is 1. The van der Waals surface area contributed by atoms with E-state index in [1.807, 2.05) is 30.7 Å². The third-order valence-electron chi connectivity index (χ3n) is 4.78. The molecule has 0 aliphatic rings. The SMILES string of the molecule is CCCn1cc(C(=O)c2cc(C(C)(C)C)c(O)c(C(C)(C)C)c2)cc1SC. The molecule has 2 rings (SSSR count). The van der Waals surface area contributed by atoms with Crippen molar-refractivity contribution in [2.75, 3.05) is 6.26 Å². The van der Waals surface area contributed by atoms with Crippen LogP contribution < -0.4 is 0 Å². The van der Waals surface area contributed by atoms with Gasteiger partial charge in [0.1, 0.15) is 5.75 Å². The van der Waals surface area contributed by atoms with Crippen molar-refractivity contribution in [1.29, 1.82) is 0 Å². The monoisotopic (exact) mass is 387 g/mol. The number of ketones is 1. The summed E-state index contributed by atoms with van der Waals surface area (Å²) in [5.41, 5.74) is 2.48. The van der Waals surface area contributed by atoms with Crippen molar-refractivity contribution in [3.63, 3.8) is 0 Å². The molecule has 0 saturated carbocycles. The summed E-state index contributed by atoms with van der Waals surface area (Å²) in [6, 6.07) is 5.70. The van der Waals surface area contributed by atoms with Crippen molar-refractivity contribution in [2.24, 2.45) is 0 Å². The van der Waals surface area contributed by atoms with Crippen LogP contribution in [0.3, 0.4) is 0 Å². The first-order valence-electron chi connectivity index (χ1n) is 9.57. The Morgan fingerprint density at radius 2 is 1.52 bits per heavy atom. The molecule has 0 atom stereocenters. The van der Waals surface area contributed by atoms with Gasteiger partial charge in [0.15, 0.2) is 5.78 Å². The van der Waals surface area contributed by atoms with Crippen molar-refractivity contribution in [1.82, 2.24) is 4.57 Å². The number of nitrogens with zero attached hydrogens (tertiary/aromatic N) is 1. The van der Waals surface area contributed by atoms with E-state index in [4.69, 9.17) is 0 Å². The zero-order valence-electron chi connectivity index (χ0n) is 17.9. The highest BCUT2D eigenvalue weighted by Gasteiger charge is 2.28. The van der Waals surface area contributed by atoms with Crippen LogP contribution in [0.25, 0.3) is 0 Å². The molecule has 0 fully saturated rings. The van der Waals surface area contributed by atoms with Gasteiger partial charge in [-0.2, -0.15) is 0 Å². The Bertz CT molecular complexity index is 800. The van der Waals surface area contributed by atoms with Crippen LogP contribution in [0.1, 0.15) is 81.9 Å². The van der Waals surface area contributed by atoms with Crippen molar-refractivity contribution < 1.29 is 9.90 Å². The Labute approximate surface area is 168 Å². The minimum atomic E-state index is -0.251. The second-order valence-corrected chi connectivity index (χ2v) is 10.0. The molecule has 1 heterocycles. The first-order chi connectivity index (χ1) is 12.4. The molecule has 0 unspecified atom stereocenters. The Morgan fingerprint density at radius 1 is 1.00 bits per heavy atom. The lowest BCUT2D eigenvalue weighted by Gasteiger charge is -2.28. The first kappa shape index (κ1) is 21.6. The van der Waals surface area contributed by atoms with Gasteiger partial charge < -0.3 is 9.67 Å². The summed E-state index contributed by atoms with van der Waals surface area (Å²) in [6.45, 7) is 15.4. The molecule has 0 aliphatic heterocycles. The third-order valence-corrected chi connectivity index (χ3v) is 5.55. The first-order valence-corrected chi connectivity index (χ1v) is 10.8. The van der Waals surface area contributed by atoms with Crippen LogP contribution in [0.2, 0.25) is 0 Å². The molecule has 0 aliphatic carbocycles. The zero-order valence-corrected chi connectivity index (χ0v) is 18.8. The Morgan fingerprint density at radius 3 is 1.93 bits per heavy atom. The van der Waals surface area contributed by atoms with Crippen LogP contribution in [0, 0.1) is 0 Å². The highest BCUT2D eigenvalue weighted by Crippen LogP contribution is 2.40. The number of hydrogen-bond acceptors (Lipinski definition) is 3. The number of phenols is 1. The van der Waals surface area contributed by atoms with Crippen LogP contribution in [0.4, 0.5) is 0 Å². The van der Waals surface area contributed by atoms with E-state index in [0.717, 1.165) is 29.1 Å². The second kappa shape index (κ2) is 7.75. The van der Waals surface area contributed by atoms with E-state index < -0.39 is 0 Å². The summed E-state index contributed by atoms with van der Waals surface area (Å²) < 4.78 is 2.15. The van der Waals surface area contributed by atoms with Gasteiger partial charge in [0, 0.05) is 35.0 Å². The molecule has 2 aromatic rings. The fraction of sp³-hybridized carbons (Fsp3) is 0.522. The topological polar surface area (TPSA) is 42.2 Å². The quantitative estimate of drug-likeness (QED) is 0.494. The maximum atomic E-state index is 13.3. The molecule has 0 amide bonds. The van der Waals surface area contributed by atoms with Gasteiger partial charge in [0.05, 0.1) is 5.03 Å². The number of thioether (sulfide) groups is 1. The summed E-state index contributed by atoms with van der Waals surface area (Å²) in [4.78, 5) is 13.3. The molecule has 0 bridgehead atoms. The lowest BCUT2D eigenvalue weighted by molar-refractivity contribution is 0.103. The lowest BCUT2D eigenvalue weighted by Crippen LogP contribution is -2.19. The second-order valence-electron chi connectivity index (χ2n) is 9.21. The van der Waals surface area contributed by atoms with Crippen LogP contribution >= 0.6 is 11.8 Å². The highest BCUT2D eigenvalue weighted by molar-refractivity contribution is 7.98. The normalized spacial score (nSPS) is 12.4. The summed E-state index contributed by atoms with van der Waals surface area (Å²) >= 11 is 1.66. The van der Waals surface area contributed by atoms with Crippen molar-refractivity contribution in [3.8, 4) is 5.75 Å². The largest absolute Gasteiger partial charge is 0.507 e. The zero-order chi connectivity index (χ0) is 20.6. The molecule has 0 spiro atoms. The molecule has 1 N–H and O–H groups in total. The van der Waals surface area contributed by atoms with Gasteiger partial charge in [-0.25, -0.2) is 0 Å². The maximum absolute atomic E-state index is 13.3. The average Bonchev–Trinajstić information content (AvgIpc) is 2.95. The number of carbonyl (C=O) groups excluding carboxylic acids is 1. The number of aromatic nitrogens is 1. The van der Waals surface area contributed by atoms with Crippen LogP contribution in [0.15, 0.2) is 29.4 Å². The number of rotatable bonds is 5. The smallest absolute Gasteiger partial charge is 0.194 e. The Kier molecular flexibility index (Phi) is 6.20. The van der Waals surface area contributed by atoms with E-state index in [2.05, 4.69) is 53.0 Å². The standard InChI is InChI=1S/C23H33NO2S/c1-9-10-24-14-16(13-19(24)27-8)20(25)15-11-17(22(2,3)4)21(26)18(12-15)23(5,6)7/h11-14,26H,9-10H2,1-8H3. The van der Waals surface area contributed by atoms with E-state index in [-0.39, 0.29) is 16.6 Å². The lowest BCUT2D eigenvalue weighted by atomic mass is 9.78. The maximum Gasteiger partial charge on any atom is 0.194 e. The summed E-state index contributed by atoms with van der Waals surface area (Å²) in [7, 11) is 0. The third kappa shape index (κ3) is 4.60. The number of carbonyl (C=O) groups is 1. The van der Waals surface area contributed by atoms with Crippen molar-refractivity contribution >= 4 is 17.5 Å². The van der Waals surface area contributed by atoms with Gasteiger partial charge in [-0.05, 0) is 41.7 Å². The van der Waals surface area contributed by atoms with Crippen LogP contribution in [0.5, 0.6) is 5.75 Å². The highest BCUT2D eigenvalue weighted by atomic mass is 32.2. The van der Waals surface area contributed by atoms with Gasteiger partial charge in [0.2, 0.25) is 0 Å². The minimum absolute atomic E-state index is 0.0103. The number of hydrogen-bond donors (Lipinski definition) is 1. The predicted molar refractivity (Wildman–Crippen MR) is 115 cm³/mol. The van der Waals surface area contributed by atoms with Gasteiger partial charge in [-0.1, -0.05) is 48.5 Å². The van der Waals surface area contributed by atoms with Crippen molar-refractivity contribution in [3.05, 3.63) is 46.6 Å². The van der Waals surface area contributed by atoms with E-state index in [1.54, 1.807) is 11.8 Å². The average molecular weight is 388 g/mol. The summed E-state index contributed by atoms with van der Waals surface area (Å²) in [6.07, 6.45) is 5.02. The predicted octanol–water partition coefficient (Wildman–Crippen LogP) is 6.15. The molecule has 148 valence electrons. The molecular weight excluding hydrogens is 354 g/mol. The Balaban J connectivity index is 2.62. The molecule has 4 heteroatoms. The van der Waals surface area contributed by atoms with Crippen LogP contribution in [-0.2, 0) is 17.4 Å². The Hall–Kier alpha value is -1.68. The van der Waals surface area contributed by atoms with Gasteiger partial charge in [-0.3, -0.25) is 4.79 Å². The van der Waals surface area contributed by atoms with E-state index in [1.165, 1.54) is 0 Å². The van der Waals surface area contributed by atoms with Crippen molar-refractivity contribution in [2.45, 2.75) is 77.3 Å². The van der Waals surface area contributed by atoms with E-state index >= 15 is 0 Å². The molecule has 27 heavy (non-hydrogen) atoms. The summed E-state index contributed by atoms with van der Waals surface area (Å²) in [5.74, 6) is 0.316. The van der Waals surface area contributed by atoms with Crippen LogP contribution in [-0.4, -0.2) is 21.7 Å². The van der Waals surface area contributed by atoms with Gasteiger partial charge in [-0.15, -0.1) is 11.8 Å². The molecule has 0 radical (unpaired) electrons. The molecule has 3 nitrogen and oxygen atoms in total. The van der Waals surface area contributed by atoms with Gasteiger partial charge >= 0.3 is 0 Å².